The second-order valence-corrected chi connectivity index (χ2v) is 3.91. The van der Waals surface area contributed by atoms with Crippen molar-refractivity contribution in [3.63, 3.8) is 0 Å². The smallest absolute Gasteiger partial charge is 0.216 e. The lowest BCUT2D eigenvalue weighted by Gasteiger charge is -2.04. The predicted octanol–water partition coefficient (Wildman–Crippen LogP) is 1.91. The number of amides is 1. The van der Waals surface area contributed by atoms with E-state index in [0.717, 1.165) is 25.8 Å². The van der Waals surface area contributed by atoms with Gasteiger partial charge < -0.3 is 5.32 Å². The van der Waals surface area contributed by atoms with Crippen LogP contribution in [0.5, 0.6) is 0 Å². The van der Waals surface area contributed by atoms with E-state index in [9.17, 15) is 9.59 Å². The Bertz CT molecular complexity index is 188. The number of hydrogen-bond acceptors (Lipinski definition) is 2. The molecule has 0 heterocycles. The van der Waals surface area contributed by atoms with Gasteiger partial charge in [-0.15, -0.1) is 0 Å². The van der Waals surface area contributed by atoms with Gasteiger partial charge in [-0.2, -0.15) is 0 Å². The van der Waals surface area contributed by atoms with Crippen molar-refractivity contribution >= 4 is 11.7 Å². The Morgan fingerprint density at radius 1 is 1.14 bits per heavy atom. The summed E-state index contributed by atoms with van der Waals surface area (Å²) < 4.78 is 0. The van der Waals surface area contributed by atoms with Crippen LogP contribution < -0.4 is 5.32 Å². The third kappa shape index (κ3) is 7.77. The van der Waals surface area contributed by atoms with Crippen LogP contribution in [0.25, 0.3) is 0 Å². The van der Waals surface area contributed by atoms with Crippen molar-refractivity contribution in [2.45, 2.75) is 46.5 Å². The predicted molar refractivity (Wildman–Crippen MR) is 57.0 cm³/mol. The minimum atomic E-state index is 0.0169. The van der Waals surface area contributed by atoms with Gasteiger partial charge in [0.1, 0.15) is 5.78 Å². The number of ketones is 1. The van der Waals surface area contributed by atoms with Crippen LogP contribution in [0.4, 0.5) is 0 Å². The van der Waals surface area contributed by atoms with Gasteiger partial charge in [-0.3, -0.25) is 9.59 Å². The molecule has 3 nitrogen and oxygen atoms in total. The highest BCUT2D eigenvalue weighted by molar-refractivity contribution is 5.80. The summed E-state index contributed by atoms with van der Waals surface area (Å²) in [5.41, 5.74) is 0. The molecular formula is C11H21NO2. The average molecular weight is 199 g/mol. The third-order valence-electron chi connectivity index (χ3n) is 2.12. The van der Waals surface area contributed by atoms with Gasteiger partial charge in [0, 0.05) is 25.8 Å². The van der Waals surface area contributed by atoms with Gasteiger partial charge in [-0.05, 0) is 12.8 Å². The summed E-state index contributed by atoms with van der Waals surface area (Å²) in [7, 11) is 0. The summed E-state index contributed by atoms with van der Waals surface area (Å²) in [5.74, 6) is 0.512. The lowest BCUT2D eigenvalue weighted by Crippen LogP contribution is -2.20. The Morgan fingerprint density at radius 2 is 1.79 bits per heavy atom. The van der Waals surface area contributed by atoms with Crippen molar-refractivity contribution in [2.75, 3.05) is 6.54 Å². The number of hydrogen-bond donors (Lipinski definition) is 1. The van der Waals surface area contributed by atoms with E-state index < -0.39 is 0 Å². The van der Waals surface area contributed by atoms with E-state index in [4.69, 9.17) is 0 Å². The molecule has 0 aromatic rings. The summed E-state index contributed by atoms with van der Waals surface area (Å²) >= 11 is 0. The van der Waals surface area contributed by atoms with Crippen molar-refractivity contribution in [3.8, 4) is 0 Å². The first kappa shape index (κ1) is 13.1. The quantitative estimate of drug-likeness (QED) is 0.637. The molecule has 0 aliphatic carbocycles. The maximum absolute atomic E-state index is 11.2. The molecule has 0 unspecified atom stereocenters. The molecule has 0 rings (SSSR count). The third-order valence-corrected chi connectivity index (χ3v) is 2.12. The monoisotopic (exact) mass is 199 g/mol. The fourth-order valence-corrected chi connectivity index (χ4v) is 1.15. The fourth-order valence-electron chi connectivity index (χ4n) is 1.15. The first-order valence-corrected chi connectivity index (χ1v) is 5.31. The second-order valence-electron chi connectivity index (χ2n) is 3.91. The first-order valence-electron chi connectivity index (χ1n) is 5.31. The molecule has 14 heavy (non-hydrogen) atoms. The molecule has 0 aliphatic rings. The topological polar surface area (TPSA) is 46.2 Å². The molecule has 0 fully saturated rings. The zero-order chi connectivity index (χ0) is 11.0. The maximum Gasteiger partial charge on any atom is 0.216 e. The Labute approximate surface area is 86.3 Å². The fraction of sp³-hybridized carbons (Fsp3) is 0.818. The number of unbranched alkanes of at least 4 members (excludes halogenated alkanes) is 2. The van der Waals surface area contributed by atoms with E-state index in [1.54, 1.807) is 0 Å². The molecule has 3 heteroatoms. The average Bonchev–Trinajstić information content (AvgIpc) is 2.09. The summed E-state index contributed by atoms with van der Waals surface area (Å²) in [6.07, 6.45) is 3.60. The van der Waals surface area contributed by atoms with Crippen molar-refractivity contribution in [1.29, 1.82) is 0 Å². The number of rotatable bonds is 7. The van der Waals surface area contributed by atoms with Gasteiger partial charge >= 0.3 is 0 Å². The van der Waals surface area contributed by atoms with Crippen LogP contribution in [0.1, 0.15) is 46.5 Å². The van der Waals surface area contributed by atoms with Gasteiger partial charge in [0.25, 0.3) is 0 Å². The van der Waals surface area contributed by atoms with E-state index in [1.807, 2.05) is 13.8 Å². The summed E-state index contributed by atoms with van der Waals surface area (Å²) in [6, 6.07) is 0. The van der Waals surface area contributed by atoms with E-state index in [0.29, 0.717) is 12.2 Å². The van der Waals surface area contributed by atoms with Crippen molar-refractivity contribution in [2.24, 2.45) is 5.92 Å². The van der Waals surface area contributed by atoms with Crippen LogP contribution in [0, 0.1) is 5.92 Å². The van der Waals surface area contributed by atoms with Gasteiger partial charge in [0.05, 0.1) is 0 Å². The molecule has 0 saturated carbocycles. The number of nitrogens with one attached hydrogen (secondary N) is 1. The largest absolute Gasteiger partial charge is 0.356 e. The van der Waals surface area contributed by atoms with Gasteiger partial charge in [0.2, 0.25) is 5.91 Å². The molecule has 0 radical (unpaired) electrons. The summed E-state index contributed by atoms with van der Waals surface area (Å²) in [5, 5.41) is 2.73. The van der Waals surface area contributed by atoms with E-state index >= 15 is 0 Å². The van der Waals surface area contributed by atoms with E-state index in [1.165, 1.54) is 6.92 Å². The Kier molecular flexibility index (Phi) is 7.07. The molecule has 0 bridgehead atoms. The van der Waals surface area contributed by atoms with E-state index in [-0.39, 0.29) is 11.8 Å². The van der Waals surface area contributed by atoms with Crippen molar-refractivity contribution in [1.82, 2.24) is 5.32 Å². The van der Waals surface area contributed by atoms with Crippen molar-refractivity contribution in [3.05, 3.63) is 0 Å². The number of carbonyl (C=O) groups is 2. The molecule has 0 aliphatic heterocycles. The van der Waals surface area contributed by atoms with Crippen LogP contribution in [0.15, 0.2) is 0 Å². The van der Waals surface area contributed by atoms with Gasteiger partial charge in [-0.25, -0.2) is 0 Å². The Hall–Kier alpha value is -0.860. The maximum atomic E-state index is 11.2. The van der Waals surface area contributed by atoms with Crippen LogP contribution in [0.2, 0.25) is 0 Å². The zero-order valence-electron chi connectivity index (χ0n) is 9.43. The second kappa shape index (κ2) is 7.54. The molecule has 1 N–H and O–H groups in total. The number of Topliss-reactive ketones (excluding diaryl/α,β-unsaturated/α-hetero) is 1. The molecule has 0 saturated heterocycles. The summed E-state index contributed by atoms with van der Waals surface area (Å²) in [6.45, 7) is 6.10. The minimum absolute atomic E-state index is 0.0169. The molecule has 0 aromatic carbocycles. The SMILES string of the molecule is CC(=O)NCCCCCC(=O)C(C)C. The highest BCUT2D eigenvalue weighted by Gasteiger charge is 2.05. The highest BCUT2D eigenvalue weighted by atomic mass is 16.1. The minimum Gasteiger partial charge on any atom is -0.356 e. The van der Waals surface area contributed by atoms with Gasteiger partial charge in [0.15, 0.2) is 0 Å². The summed E-state index contributed by atoms with van der Waals surface area (Å²) in [4.78, 5) is 21.7. The lowest BCUT2D eigenvalue weighted by atomic mass is 10.0. The van der Waals surface area contributed by atoms with Crippen molar-refractivity contribution < 1.29 is 9.59 Å². The Balaban J connectivity index is 3.22. The van der Waals surface area contributed by atoms with Crippen LogP contribution in [-0.2, 0) is 9.59 Å². The van der Waals surface area contributed by atoms with Crippen LogP contribution in [-0.4, -0.2) is 18.2 Å². The highest BCUT2D eigenvalue weighted by Crippen LogP contribution is 2.05. The molecule has 0 atom stereocenters. The van der Waals surface area contributed by atoms with Crippen LogP contribution in [0.3, 0.4) is 0 Å². The Morgan fingerprint density at radius 3 is 2.29 bits per heavy atom. The standard InChI is InChI=1S/C11H21NO2/c1-9(2)11(14)7-5-4-6-8-12-10(3)13/h9H,4-8H2,1-3H3,(H,12,13). The molecule has 82 valence electrons. The number of carbonyl (C=O) groups excluding carboxylic acids is 2. The van der Waals surface area contributed by atoms with Crippen LogP contribution >= 0.6 is 0 Å². The lowest BCUT2D eigenvalue weighted by molar-refractivity contribution is -0.122. The molecule has 1 amide bonds. The molecule has 0 spiro atoms. The van der Waals surface area contributed by atoms with E-state index in [2.05, 4.69) is 5.32 Å². The van der Waals surface area contributed by atoms with Gasteiger partial charge in [-0.1, -0.05) is 20.3 Å². The molecule has 0 aromatic heterocycles. The molecular weight excluding hydrogens is 178 g/mol. The normalized spacial score (nSPS) is 10.3. The first-order chi connectivity index (χ1) is 6.54. The zero-order valence-corrected chi connectivity index (χ0v) is 9.43.